The molecule has 0 saturated heterocycles. The minimum absolute atomic E-state index is 0. The maximum absolute atomic E-state index is 12.3. The number of phosphoric acid groups is 1. The van der Waals surface area contributed by atoms with Crippen LogP contribution in [0.1, 0.15) is 5.82 Å². The Morgan fingerprint density at radius 3 is 2.48 bits per heavy atom. The molecule has 10 nitrogen and oxygen atoms in total. The van der Waals surface area contributed by atoms with Crippen LogP contribution in [-0.2, 0) is 16.1 Å². The van der Waals surface area contributed by atoms with Crippen LogP contribution in [-0.4, -0.2) is 102 Å². The number of nitrogens with zero attached hydrogens (tertiary/aromatic N) is 5. The summed E-state index contributed by atoms with van der Waals surface area (Å²) in [6.45, 7) is 1.87. The van der Waals surface area contributed by atoms with E-state index in [1.807, 2.05) is 53.4 Å². The molecule has 164 valence electrons. The fraction of sp³-hybridized carbons (Fsp3) is 0.200. The van der Waals surface area contributed by atoms with Gasteiger partial charge in [0.15, 0.2) is 5.65 Å². The Morgan fingerprint density at radius 1 is 1.06 bits per heavy atom. The second kappa shape index (κ2) is 9.73. The molecule has 5 rings (SSSR count). The fourth-order valence-corrected chi connectivity index (χ4v) is 4.29. The molecule has 0 radical (unpaired) electrons. The number of hydrogen-bond acceptors (Lipinski definition) is 6. The number of methoxy groups -OCH3 is 1. The summed E-state index contributed by atoms with van der Waals surface area (Å²) in [5.41, 5.74) is 4.11. The fourth-order valence-electron chi connectivity index (χ4n) is 3.86. The zero-order valence-electron chi connectivity index (χ0n) is 17.3. The quantitative estimate of drug-likeness (QED) is 0.298. The Balaban J connectivity index is 0.00000153. The van der Waals surface area contributed by atoms with E-state index in [1.54, 1.807) is 19.5 Å². The number of hydrogen-bond donors (Lipinski definition) is 1. The molecular weight excluding hydrogens is 467 g/mol. The Morgan fingerprint density at radius 2 is 1.79 bits per heavy atom. The molecule has 4 heterocycles. The molecule has 5 aromatic rings. The van der Waals surface area contributed by atoms with Gasteiger partial charge in [-0.15, -0.1) is 0 Å². The summed E-state index contributed by atoms with van der Waals surface area (Å²) in [7, 11) is 0.267. The first-order chi connectivity index (χ1) is 14.8. The molecule has 33 heavy (non-hydrogen) atoms. The average molecular weight is 489 g/mol. The number of benzene rings is 1. The summed E-state index contributed by atoms with van der Waals surface area (Å²) in [5.74, 6) is 1.45. The zero-order chi connectivity index (χ0) is 21.9. The topological polar surface area (TPSA) is 105 Å². The molecule has 0 fully saturated rings. The summed E-state index contributed by atoms with van der Waals surface area (Å²) in [4.78, 5) is 18.9. The molecule has 1 atom stereocenters. The maximum atomic E-state index is 12.3. The van der Waals surface area contributed by atoms with Crippen molar-refractivity contribution in [3.8, 4) is 17.0 Å². The van der Waals surface area contributed by atoms with E-state index >= 15 is 0 Å². The minimum atomic E-state index is -4.37. The average Bonchev–Trinajstić information content (AvgIpc) is 3.41. The van der Waals surface area contributed by atoms with Gasteiger partial charge in [-0.3, -0.25) is 13.8 Å². The second-order valence-corrected chi connectivity index (χ2v) is 8.59. The molecule has 0 spiro atoms. The third kappa shape index (κ3) is 4.40. The van der Waals surface area contributed by atoms with E-state index in [4.69, 9.17) is 9.36 Å². The van der Waals surface area contributed by atoms with Crippen LogP contribution in [0.3, 0.4) is 0 Å². The van der Waals surface area contributed by atoms with Crippen LogP contribution >= 0.6 is 7.82 Å². The normalized spacial score (nSPS) is 13.0. The molecule has 0 bridgehead atoms. The number of fused-ring (bicyclic) bond motifs is 4. The Kier molecular flexibility index (Phi) is 7.75. The molecule has 1 N–H and O–H groups in total. The van der Waals surface area contributed by atoms with Gasteiger partial charge in [-0.1, -0.05) is 0 Å². The van der Waals surface area contributed by atoms with E-state index < -0.39 is 7.82 Å². The number of imidazole rings is 1. The van der Waals surface area contributed by atoms with Gasteiger partial charge in [0, 0.05) is 36.8 Å². The van der Waals surface area contributed by atoms with Gasteiger partial charge in [0.25, 0.3) is 0 Å². The first kappa shape index (κ1) is 26.3. The zero-order valence-corrected chi connectivity index (χ0v) is 18.2. The SMILES string of the molecule is COc1ccc2c(c1)c(-c1cc3c(ncc4cnc(C)n43)n1OP(=O)(O)OC)cn2C.[NaH].[NaH]. The van der Waals surface area contributed by atoms with Crippen molar-refractivity contribution in [2.24, 2.45) is 7.05 Å². The van der Waals surface area contributed by atoms with E-state index in [1.165, 1.54) is 4.73 Å². The van der Waals surface area contributed by atoms with Crippen LogP contribution < -0.4 is 9.36 Å². The van der Waals surface area contributed by atoms with Crippen LogP contribution in [0.15, 0.2) is 42.9 Å². The van der Waals surface area contributed by atoms with Gasteiger partial charge in [-0.25, -0.2) is 14.5 Å². The van der Waals surface area contributed by atoms with Crippen LogP contribution in [0, 0.1) is 6.92 Å². The van der Waals surface area contributed by atoms with Gasteiger partial charge in [0.1, 0.15) is 11.6 Å². The Labute approximate surface area is 233 Å². The van der Waals surface area contributed by atoms with E-state index in [2.05, 4.69) is 14.5 Å². The van der Waals surface area contributed by atoms with Crippen molar-refractivity contribution in [3.05, 3.63) is 48.7 Å². The van der Waals surface area contributed by atoms with Crippen LogP contribution in [0.25, 0.3) is 38.8 Å². The van der Waals surface area contributed by atoms with Crippen LogP contribution in [0.2, 0.25) is 0 Å². The van der Waals surface area contributed by atoms with Gasteiger partial charge in [0.05, 0.1) is 36.2 Å². The molecule has 0 saturated carbocycles. The van der Waals surface area contributed by atoms with Crippen molar-refractivity contribution in [1.29, 1.82) is 0 Å². The molecule has 1 unspecified atom stereocenters. The monoisotopic (exact) mass is 489 g/mol. The Hall–Kier alpha value is -1.33. The van der Waals surface area contributed by atoms with Gasteiger partial charge < -0.3 is 13.9 Å². The van der Waals surface area contributed by atoms with Crippen molar-refractivity contribution < 1.29 is 23.3 Å². The number of aryl methyl sites for hydroxylation is 2. The van der Waals surface area contributed by atoms with Crippen molar-refractivity contribution in [3.63, 3.8) is 0 Å². The molecule has 1 aromatic carbocycles. The molecule has 0 aliphatic heterocycles. The number of ether oxygens (including phenoxy) is 1. The summed E-state index contributed by atoms with van der Waals surface area (Å²) in [5, 5.41) is 0.887. The van der Waals surface area contributed by atoms with E-state index in [9.17, 15) is 9.46 Å². The molecule has 4 aromatic heterocycles. The van der Waals surface area contributed by atoms with E-state index in [-0.39, 0.29) is 59.1 Å². The van der Waals surface area contributed by atoms with Crippen molar-refractivity contribution >= 4 is 94.5 Å². The molecule has 0 amide bonds. The number of phosphoric ester groups is 1. The second-order valence-electron chi connectivity index (χ2n) is 7.13. The summed E-state index contributed by atoms with van der Waals surface area (Å²) in [6, 6.07) is 7.60. The van der Waals surface area contributed by atoms with E-state index in [0.717, 1.165) is 34.9 Å². The molecule has 13 heteroatoms. The van der Waals surface area contributed by atoms with Crippen LogP contribution in [0.5, 0.6) is 5.75 Å². The van der Waals surface area contributed by atoms with Crippen molar-refractivity contribution in [1.82, 2.24) is 23.7 Å². The van der Waals surface area contributed by atoms with E-state index in [0.29, 0.717) is 22.6 Å². The van der Waals surface area contributed by atoms with Crippen molar-refractivity contribution in [2.45, 2.75) is 6.92 Å². The van der Waals surface area contributed by atoms with Gasteiger partial charge in [-0.2, -0.15) is 4.73 Å². The number of rotatable bonds is 5. The molecule has 0 aliphatic rings. The van der Waals surface area contributed by atoms with Crippen LogP contribution in [0.4, 0.5) is 0 Å². The van der Waals surface area contributed by atoms with Crippen molar-refractivity contribution in [2.75, 3.05) is 14.2 Å². The van der Waals surface area contributed by atoms with Gasteiger partial charge in [-0.05, 0) is 31.2 Å². The predicted molar refractivity (Wildman–Crippen MR) is 129 cm³/mol. The first-order valence-electron chi connectivity index (χ1n) is 9.39. The van der Waals surface area contributed by atoms with Gasteiger partial charge in [0.2, 0.25) is 0 Å². The third-order valence-corrected chi connectivity index (χ3v) is 6.16. The third-order valence-electron chi connectivity index (χ3n) is 5.33. The predicted octanol–water partition coefficient (Wildman–Crippen LogP) is 2.04. The standard InChI is InChI=1S/C20H20N5O5P.2Na.2H/c1-12-21-9-13-10-22-20-19(24(12)13)8-18(25(20)30-31(26,27)29-4)16-11-23(2)17-6-5-14(28-3)7-15(16)17;;;;/h5-11H,1-4H3,(H,26,27);;;;. The Bertz CT molecular complexity index is 1530. The number of aromatic nitrogens is 5. The molecular formula is C20H22N5Na2O5P. The summed E-state index contributed by atoms with van der Waals surface area (Å²) >= 11 is 0. The summed E-state index contributed by atoms with van der Waals surface area (Å²) in [6.07, 6.45) is 5.27. The first-order valence-corrected chi connectivity index (χ1v) is 10.9. The molecule has 0 aliphatic carbocycles. The summed E-state index contributed by atoms with van der Waals surface area (Å²) < 4.78 is 33.0. The van der Waals surface area contributed by atoms with Gasteiger partial charge >= 0.3 is 66.9 Å².